The van der Waals surface area contributed by atoms with Gasteiger partial charge >= 0.3 is 6.03 Å². The molecular weight excluding hydrogens is 667 g/mol. The number of urea groups is 1. The van der Waals surface area contributed by atoms with Gasteiger partial charge in [0, 0.05) is 31.6 Å². The largest absolute Gasteiger partial charge is 0.393 e. The van der Waals surface area contributed by atoms with Crippen LogP contribution in [0.2, 0.25) is 0 Å². The highest BCUT2D eigenvalue weighted by molar-refractivity contribution is 7.89. The van der Waals surface area contributed by atoms with Crippen LogP contribution < -0.4 is 5.32 Å². The quantitative estimate of drug-likeness (QED) is 0.166. The van der Waals surface area contributed by atoms with Gasteiger partial charge in [-0.05, 0) is 48.4 Å². The summed E-state index contributed by atoms with van der Waals surface area (Å²) in [7, 11) is -4.10. The van der Waals surface area contributed by atoms with Crippen molar-refractivity contribution in [1.29, 1.82) is 0 Å². The number of thiazole rings is 1. The van der Waals surface area contributed by atoms with Crippen LogP contribution in [-0.4, -0.2) is 106 Å². The molecule has 1 aliphatic rings. The summed E-state index contributed by atoms with van der Waals surface area (Å²) in [5.74, 6) is -0.752. The standard InChI is InChI=1S/C35H49N5O7S2/c1-23(2)18-39(49(46,47)29-13-11-27(12-14-29)32(43)21-41)20-31(42)30(17-26-9-7-6-8-10-26)37-34(44)33(24(3)4)40-16-15-38(35(40)45)19-28-22-48-25(5)36-28/h6-14,22-24,30-33,41-43H,15-21H2,1-5H3,(H,37,44)/t30?,31-,32?,33+/m1/s1. The summed E-state index contributed by atoms with van der Waals surface area (Å²) < 4.78 is 29.0. The molecule has 4 rings (SSSR count). The number of carbonyl (C=O) groups excluding carboxylic acids is 2. The number of carbonyl (C=O) groups is 2. The number of hydrogen-bond donors (Lipinski definition) is 4. The Bertz CT molecular complexity index is 1630. The number of nitrogens with one attached hydrogen (secondary N) is 1. The molecule has 0 aliphatic carbocycles. The lowest BCUT2D eigenvalue weighted by atomic mass is 9.97. The number of amides is 3. The number of aryl methyl sites for hydroxylation is 1. The molecule has 3 aromatic rings. The lowest BCUT2D eigenvalue weighted by Gasteiger charge is -2.34. The Hall–Kier alpha value is -3.40. The van der Waals surface area contributed by atoms with Crippen LogP contribution >= 0.6 is 11.3 Å². The molecule has 1 aliphatic heterocycles. The molecule has 4 atom stereocenters. The zero-order valence-corrected chi connectivity index (χ0v) is 30.4. The van der Waals surface area contributed by atoms with Crippen LogP contribution in [0.5, 0.6) is 0 Å². The van der Waals surface area contributed by atoms with E-state index in [2.05, 4.69) is 10.3 Å². The fourth-order valence-electron chi connectivity index (χ4n) is 6.04. The Morgan fingerprint density at radius 2 is 1.69 bits per heavy atom. The third-order valence-corrected chi connectivity index (χ3v) is 11.2. The lowest BCUT2D eigenvalue weighted by molar-refractivity contribution is -0.128. The Labute approximate surface area is 293 Å². The summed E-state index contributed by atoms with van der Waals surface area (Å²) in [5.41, 5.74) is 2.01. The highest BCUT2D eigenvalue weighted by Gasteiger charge is 2.40. The number of rotatable bonds is 17. The monoisotopic (exact) mass is 715 g/mol. The molecule has 268 valence electrons. The van der Waals surface area contributed by atoms with Crippen LogP contribution in [0.4, 0.5) is 4.79 Å². The Morgan fingerprint density at radius 1 is 1.02 bits per heavy atom. The molecule has 1 aromatic heterocycles. The summed E-state index contributed by atoms with van der Waals surface area (Å²) in [4.78, 5) is 35.3. The van der Waals surface area contributed by atoms with E-state index in [1.165, 1.54) is 39.9 Å². The average Bonchev–Trinajstić information content (AvgIpc) is 3.64. The van der Waals surface area contributed by atoms with Crippen molar-refractivity contribution < 1.29 is 33.3 Å². The molecule has 0 saturated carbocycles. The predicted molar refractivity (Wildman–Crippen MR) is 188 cm³/mol. The number of sulfonamides is 1. The fourth-order valence-corrected chi connectivity index (χ4v) is 8.26. The number of aliphatic hydroxyl groups excluding tert-OH is 3. The van der Waals surface area contributed by atoms with Gasteiger partial charge in [-0.1, -0.05) is 70.2 Å². The number of hydrogen-bond acceptors (Lipinski definition) is 9. The molecule has 2 heterocycles. The molecule has 1 saturated heterocycles. The van der Waals surface area contributed by atoms with E-state index in [1.807, 2.05) is 70.3 Å². The van der Waals surface area contributed by atoms with Gasteiger partial charge in [0.1, 0.15) is 12.1 Å². The van der Waals surface area contributed by atoms with Crippen molar-refractivity contribution in [3.8, 4) is 0 Å². The normalized spacial score (nSPS) is 16.4. The van der Waals surface area contributed by atoms with Gasteiger partial charge in [0.15, 0.2) is 0 Å². The molecule has 0 radical (unpaired) electrons. The van der Waals surface area contributed by atoms with Gasteiger partial charge in [-0.3, -0.25) is 4.79 Å². The van der Waals surface area contributed by atoms with E-state index in [-0.39, 0.29) is 42.3 Å². The van der Waals surface area contributed by atoms with Gasteiger partial charge in [-0.2, -0.15) is 4.31 Å². The summed E-state index contributed by atoms with van der Waals surface area (Å²) in [6.45, 7) is 9.87. The summed E-state index contributed by atoms with van der Waals surface area (Å²) in [6, 6.07) is 13.0. The van der Waals surface area contributed by atoms with Crippen LogP contribution in [0.15, 0.2) is 64.9 Å². The maximum Gasteiger partial charge on any atom is 0.321 e. The van der Waals surface area contributed by atoms with Crippen molar-refractivity contribution in [1.82, 2.24) is 24.4 Å². The van der Waals surface area contributed by atoms with E-state index in [1.54, 1.807) is 9.80 Å². The molecule has 14 heteroatoms. The number of benzene rings is 2. The van der Waals surface area contributed by atoms with Crippen LogP contribution in [0.3, 0.4) is 0 Å². The zero-order chi connectivity index (χ0) is 35.9. The summed E-state index contributed by atoms with van der Waals surface area (Å²) in [5, 5.41) is 36.8. The molecule has 0 bridgehead atoms. The lowest BCUT2D eigenvalue weighted by Crippen LogP contribution is -2.57. The van der Waals surface area contributed by atoms with Crippen LogP contribution in [0.1, 0.15) is 55.6 Å². The SMILES string of the molecule is Cc1nc(CN2CCN([C@H](C(=O)NC(Cc3ccccc3)[C@H](O)CN(CC(C)C)S(=O)(=O)c3ccc(C(O)CO)cc3)C(C)C)C2=O)cs1. The van der Waals surface area contributed by atoms with E-state index < -0.39 is 46.8 Å². The zero-order valence-electron chi connectivity index (χ0n) is 28.8. The second-order valence-electron chi connectivity index (χ2n) is 13.3. The molecule has 4 N–H and O–H groups in total. The van der Waals surface area contributed by atoms with E-state index in [4.69, 9.17) is 0 Å². The molecule has 3 amide bonds. The first-order chi connectivity index (χ1) is 23.2. The second kappa shape index (κ2) is 17.0. The third kappa shape index (κ3) is 9.86. The highest BCUT2D eigenvalue weighted by Crippen LogP contribution is 2.24. The van der Waals surface area contributed by atoms with Gasteiger partial charge in [-0.25, -0.2) is 18.2 Å². The molecular formula is C35H49N5O7S2. The van der Waals surface area contributed by atoms with Gasteiger partial charge in [0.2, 0.25) is 15.9 Å². The maximum absolute atomic E-state index is 14.1. The second-order valence-corrected chi connectivity index (χ2v) is 16.3. The van der Waals surface area contributed by atoms with Crippen LogP contribution in [0.25, 0.3) is 0 Å². The minimum Gasteiger partial charge on any atom is -0.393 e. The smallest absolute Gasteiger partial charge is 0.321 e. The van der Waals surface area contributed by atoms with Gasteiger partial charge in [0.05, 0.1) is 40.9 Å². The minimum absolute atomic E-state index is 0.0253. The summed E-state index contributed by atoms with van der Waals surface area (Å²) in [6.07, 6.45) is -2.21. The number of aliphatic hydroxyl groups is 3. The first kappa shape index (κ1) is 38.4. The average molecular weight is 716 g/mol. The van der Waals surface area contributed by atoms with Crippen molar-refractivity contribution >= 4 is 33.3 Å². The third-order valence-electron chi connectivity index (χ3n) is 8.51. The van der Waals surface area contributed by atoms with E-state index in [0.717, 1.165) is 16.3 Å². The van der Waals surface area contributed by atoms with Gasteiger partial charge in [-0.15, -0.1) is 11.3 Å². The Kier molecular flexibility index (Phi) is 13.3. The molecule has 0 spiro atoms. The van der Waals surface area contributed by atoms with Crippen molar-refractivity contribution in [3.63, 3.8) is 0 Å². The van der Waals surface area contributed by atoms with Crippen molar-refractivity contribution in [2.45, 2.75) is 76.8 Å². The number of aromatic nitrogens is 1. The topological polar surface area (TPSA) is 164 Å². The van der Waals surface area contributed by atoms with Gasteiger partial charge < -0.3 is 30.4 Å². The molecule has 2 unspecified atom stereocenters. The summed E-state index contributed by atoms with van der Waals surface area (Å²) >= 11 is 1.52. The van der Waals surface area contributed by atoms with E-state index in [0.29, 0.717) is 25.2 Å². The fraction of sp³-hybridized carbons (Fsp3) is 0.514. The van der Waals surface area contributed by atoms with Crippen LogP contribution in [-0.2, 0) is 27.8 Å². The first-order valence-corrected chi connectivity index (χ1v) is 18.9. The Morgan fingerprint density at radius 3 is 2.27 bits per heavy atom. The number of nitrogens with zero attached hydrogens (tertiary/aromatic N) is 4. The van der Waals surface area contributed by atoms with E-state index >= 15 is 0 Å². The first-order valence-electron chi connectivity index (χ1n) is 16.6. The highest BCUT2D eigenvalue weighted by atomic mass is 32.2. The van der Waals surface area contributed by atoms with Gasteiger partial charge in [0.25, 0.3) is 0 Å². The minimum atomic E-state index is -4.10. The molecule has 1 fully saturated rings. The Balaban J connectivity index is 1.57. The molecule has 12 nitrogen and oxygen atoms in total. The van der Waals surface area contributed by atoms with Crippen molar-refractivity contribution in [3.05, 3.63) is 81.8 Å². The van der Waals surface area contributed by atoms with Crippen molar-refractivity contribution in [2.75, 3.05) is 32.8 Å². The van der Waals surface area contributed by atoms with Crippen molar-refractivity contribution in [2.24, 2.45) is 11.8 Å². The molecule has 2 aromatic carbocycles. The molecule has 49 heavy (non-hydrogen) atoms. The maximum atomic E-state index is 14.1. The van der Waals surface area contributed by atoms with E-state index in [9.17, 15) is 33.3 Å². The van der Waals surface area contributed by atoms with Crippen LogP contribution in [0, 0.1) is 18.8 Å². The predicted octanol–water partition coefficient (Wildman–Crippen LogP) is 3.17.